The van der Waals surface area contributed by atoms with Crippen LogP contribution in [0.5, 0.6) is 0 Å². The standard InChI is InChI=1S/C10H14O/c1-7-6-8-4-2-3-5-9(8)10(7)11/h5,7-8H,2-4,6H2,1H3. The average molecular weight is 150 g/mol. The van der Waals surface area contributed by atoms with Gasteiger partial charge in [-0.3, -0.25) is 4.79 Å². The molecule has 11 heavy (non-hydrogen) atoms. The maximum atomic E-state index is 11.5. The van der Waals surface area contributed by atoms with Gasteiger partial charge in [0.25, 0.3) is 0 Å². The molecule has 2 aliphatic carbocycles. The molecule has 1 saturated carbocycles. The van der Waals surface area contributed by atoms with E-state index in [4.69, 9.17) is 0 Å². The molecule has 0 aromatic heterocycles. The van der Waals surface area contributed by atoms with Crippen molar-refractivity contribution in [3.05, 3.63) is 11.6 Å². The summed E-state index contributed by atoms with van der Waals surface area (Å²) in [6.45, 7) is 2.06. The van der Waals surface area contributed by atoms with Crippen molar-refractivity contribution in [1.82, 2.24) is 0 Å². The smallest absolute Gasteiger partial charge is 0.161 e. The molecule has 1 heteroatoms. The fourth-order valence-electron chi connectivity index (χ4n) is 2.31. The van der Waals surface area contributed by atoms with Gasteiger partial charge in [0.1, 0.15) is 0 Å². The topological polar surface area (TPSA) is 17.1 Å². The number of ketones is 1. The maximum Gasteiger partial charge on any atom is 0.161 e. The van der Waals surface area contributed by atoms with Crippen LogP contribution in [0.1, 0.15) is 32.6 Å². The lowest BCUT2D eigenvalue weighted by Crippen LogP contribution is -2.06. The first-order valence-electron chi connectivity index (χ1n) is 4.53. The van der Waals surface area contributed by atoms with Gasteiger partial charge in [-0.15, -0.1) is 0 Å². The van der Waals surface area contributed by atoms with Crippen LogP contribution in [0.2, 0.25) is 0 Å². The van der Waals surface area contributed by atoms with Crippen molar-refractivity contribution in [1.29, 1.82) is 0 Å². The molecule has 2 atom stereocenters. The van der Waals surface area contributed by atoms with Gasteiger partial charge in [-0.25, -0.2) is 0 Å². The van der Waals surface area contributed by atoms with Crippen molar-refractivity contribution in [3.63, 3.8) is 0 Å². The molecule has 0 radical (unpaired) electrons. The Labute approximate surface area is 67.5 Å². The molecule has 0 bridgehead atoms. The minimum absolute atomic E-state index is 0.310. The zero-order chi connectivity index (χ0) is 7.84. The number of hydrogen-bond acceptors (Lipinski definition) is 1. The molecule has 0 amide bonds. The molecule has 2 rings (SSSR count). The summed E-state index contributed by atoms with van der Waals surface area (Å²) in [5.41, 5.74) is 1.16. The Morgan fingerprint density at radius 1 is 1.55 bits per heavy atom. The Morgan fingerprint density at radius 2 is 2.36 bits per heavy atom. The first-order valence-corrected chi connectivity index (χ1v) is 4.53. The van der Waals surface area contributed by atoms with E-state index in [1.165, 1.54) is 12.8 Å². The summed E-state index contributed by atoms with van der Waals surface area (Å²) in [4.78, 5) is 11.5. The number of carbonyl (C=O) groups excluding carboxylic acids is 1. The van der Waals surface area contributed by atoms with Crippen LogP contribution in [-0.4, -0.2) is 5.78 Å². The van der Waals surface area contributed by atoms with E-state index in [0.29, 0.717) is 17.6 Å². The number of carbonyl (C=O) groups is 1. The molecule has 1 nitrogen and oxygen atoms in total. The average Bonchev–Trinajstić information content (AvgIpc) is 2.30. The molecular formula is C10H14O. The Kier molecular flexibility index (Phi) is 1.59. The van der Waals surface area contributed by atoms with E-state index in [-0.39, 0.29) is 0 Å². The number of rotatable bonds is 0. The summed E-state index contributed by atoms with van der Waals surface area (Å²) >= 11 is 0. The lowest BCUT2D eigenvalue weighted by atomic mass is 9.90. The summed E-state index contributed by atoms with van der Waals surface area (Å²) in [5, 5.41) is 0. The number of Topliss-reactive ketones (excluding diaryl/α,β-unsaturated/α-hetero) is 1. The summed E-state index contributed by atoms with van der Waals surface area (Å²) in [5.74, 6) is 1.37. The van der Waals surface area contributed by atoms with Crippen LogP contribution >= 0.6 is 0 Å². The third kappa shape index (κ3) is 1.03. The largest absolute Gasteiger partial charge is 0.294 e. The molecule has 0 saturated heterocycles. The van der Waals surface area contributed by atoms with Crippen molar-refractivity contribution in [3.8, 4) is 0 Å². The van der Waals surface area contributed by atoms with Gasteiger partial charge in [0, 0.05) is 5.92 Å². The summed E-state index contributed by atoms with van der Waals surface area (Å²) < 4.78 is 0. The van der Waals surface area contributed by atoms with Crippen LogP contribution < -0.4 is 0 Å². The maximum absolute atomic E-state index is 11.5. The molecule has 2 unspecified atom stereocenters. The van der Waals surface area contributed by atoms with Gasteiger partial charge in [0.15, 0.2) is 5.78 Å². The molecule has 2 aliphatic rings. The number of allylic oxidation sites excluding steroid dienone is 2. The third-order valence-electron chi connectivity index (χ3n) is 2.93. The van der Waals surface area contributed by atoms with E-state index in [1.54, 1.807) is 0 Å². The highest BCUT2D eigenvalue weighted by Gasteiger charge is 2.34. The van der Waals surface area contributed by atoms with Gasteiger partial charge in [0.05, 0.1) is 0 Å². The molecule has 60 valence electrons. The second kappa shape index (κ2) is 2.47. The van der Waals surface area contributed by atoms with E-state index in [1.807, 2.05) is 0 Å². The fourth-order valence-corrected chi connectivity index (χ4v) is 2.31. The van der Waals surface area contributed by atoms with Crippen LogP contribution in [0.25, 0.3) is 0 Å². The quantitative estimate of drug-likeness (QED) is 0.518. The van der Waals surface area contributed by atoms with Crippen LogP contribution in [0.3, 0.4) is 0 Å². The molecule has 0 N–H and O–H groups in total. The van der Waals surface area contributed by atoms with Gasteiger partial charge < -0.3 is 0 Å². The SMILES string of the molecule is CC1CC2CCCC=C2C1=O. The Balaban J connectivity index is 2.27. The molecule has 0 aliphatic heterocycles. The second-order valence-electron chi connectivity index (χ2n) is 3.79. The Hall–Kier alpha value is -0.590. The summed E-state index contributed by atoms with van der Waals surface area (Å²) in [6, 6.07) is 0. The Bertz CT molecular complexity index is 215. The number of hydrogen-bond donors (Lipinski definition) is 0. The zero-order valence-corrected chi connectivity index (χ0v) is 6.97. The van der Waals surface area contributed by atoms with E-state index in [2.05, 4.69) is 13.0 Å². The summed E-state index contributed by atoms with van der Waals surface area (Å²) in [6.07, 6.45) is 6.95. The fraction of sp³-hybridized carbons (Fsp3) is 0.700. The van der Waals surface area contributed by atoms with Gasteiger partial charge >= 0.3 is 0 Å². The molecule has 0 aromatic carbocycles. The lowest BCUT2D eigenvalue weighted by molar-refractivity contribution is -0.117. The van der Waals surface area contributed by atoms with E-state index < -0.39 is 0 Å². The van der Waals surface area contributed by atoms with Crippen molar-refractivity contribution in [2.75, 3.05) is 0 Å². The highest BCUT2D eigenvalue weighted by atomic mass is 16.1. The van der Waals surface area contributed by atoms with Crippen LogP contribution in [0, 0.1) is 11.8 Å². The van der Waals surface area contributed by atoms with Crippen LogP contribution in [0.4, 0.5) is 0 Å². The minimum atomic E-state index is 0.310. The van der Waals surface area contributed by atoms with Crippen molar-refractivity contribution in [2.45, 2.75) is 32.6 Å². The lowest BCUT2D eigenvalue weighted by Gasteiger charge is -2.14. The van der Waals surface area contributed by atoms with E-state index in [0.717, 1.165) is 18.4 Å². The molecule has 0 aromatic rings. The molecule has 0 spiro atoms. The Morgan fingerprint density at radius 3 is 3.09 bits per heavy atom. The first-order chi connectivity index (χ1) is 5.29. The molecule has 1 fully saturated rings. The molecular weight excluding hydrogens is 136 g/mol. The predicted octanol–water partition coefficient (Wildman–Crippen LogP) is 2.32. The zero-order valence-electron chi connectivity index (χ0n) is 6.97. The van der Waals surface area contributed by atoms with Gasteiger partial charge in [-0.2, -0.15) is 0 Å². The van der Waals surface area contributed by atoms with Crippen molar-refractivity contribution >= 4 is 5.78 Å². The summed E-state index contributed by atoms with van der Waals surface area (Å²) in [7, 11) is 0. The number of fused-ring (bicyclic) bond motifs is 1. The highest BCUT2D eigenvalue weighted by Crippen LogP contribution is 2.38. The van der Waals surface area contributed by atoms with Gasteiger partial charge in [0.2, 0.25) is 0 Å². The van der Waals surface area contributed by atoms with E-state index in [9.17, 15) is 4.79 Å². The van der Waals surface area contributed by atoms with Crippen LogP contribution in [-0.2, 0) is 4.79 Å². The van der Waals surface area contributed by atoms with Crippen LogP contribution in [0.15, 0.2) is 11.6 Å². The monoisotopic (exact) mass is 150 g/mol. The van der Waals surface area contributed by atoms with E-state index >= 15 is 0 Å². The van der Waals surface area contributed by atoms with Crippen molar-refractivity contribution < 1.29 is 4.79 Å². The second-order valence-corrected chi connectivity index (χ2v) is 3.79. The normalized spacial score (nSPS) is 36.8. The third-order valence-corrected chi connectivity index (χ3v) is 2.93. The van der Waals surface area contributed by atoms with Crippen molar-refractivity contribution in [2.24, 2.45) is 11.8 Å². The first kappa shape index (κ1) is 7.08. The van der Waals surface area contributed by atoms with Gasteiger partial charge in [-0.05, 0) is 37.2 Å². The molecule has 0 heterocycles. The minimum Gasteiger partial charge on any atom is -0.294 e. The van der Waals surface area contributed by atoms with Gasteiger partial charge in [-0.1, -0.05) is 13.0 Å². The predicted molar refractivity (Wildman–Crippen MR) is 44.2 cm³/mol. The highest BCUT2D eigenvalue weighted by molar-refractivity contribution is 5.99.